The standard InChI is InChI=1S/C12H18N2O3S/c1-17-10-6-3-5-9(10)14-12-11(18(2,15)16)7-4-8-13-12/h4,7-10H,3,5-6H2,1-2H3,(H,13,14). The molecule has 2 rings (SSSR count). The lowest BCUT2D eigenvalue weighted by Gasteiger charge is -2.21. The first-order chi connectivity index (χ1) is 8.52. The third-order valence-electron chi connectivity index (χ3n) is 3.25. The van der Waals surface area contributed by atoms with Gasteiger partial charge in [-0.15, -0.1) is 0 Å². The van der Waals surface area contributed by atoms with Crippen molar-refractivity contribution >= 4 is 15.7 Å². The second-order valence-electron chi connectivity index (χ2n) is 4.58. The van der Waals surface area contributed by atoms with Gasteiger partial charge in [0.05, 0.1) is 12.1 Å². The summed E-state index contributed by atoms with van der Waals surface area (Å²) in [6.45, 7) is 0. The predicted molar refractivity (Wildman–Crippen MR) is 69.4 cm³/mol. The number of pyridine rings is 1. The minimum absolute atomic E-state index is 0.124. The molecule has 0 saturated heterocycles. The van der Waals surface area contributed by atoms with E-state index in [4.69, 9.17) is 4.74 Å². The van der Waals surface area contributed by atoms with Gasteiger partial charge < -0.3 is 10.1 Å². The van der Waals surface area contributed by atoms with Crippen LogP contribution < -0.4 is 5.32 Å². The molecular formula is C12H18N2O3S. The maximum Gasteiger partial charge on any atom is 0.179 e. The minimum atomic E-state index is -3.27. The van der Waals surface area contributed by atoms with Crippen LogP contribution in [0.3, 0.4) is 0 Å². The number of ether oxygens (including phenoxy) is 1. The summed E-state index contributed by atoms with van der Waals surface area (Å²) >= 11 is 0. The molecular weight excluding hydrogens is 252 g/mol. The number of anilines is 1. The summed E-state index contributed by atoms with van der Waals surface area (Å²) < 4.78 is 28.7. The molecule has 0 aromatic carbocycles. The molecule has 1 heterocycles. The van der Waals surface area contributed by atoms with Crippen LogP contribution in [0.25, 0.3) is 0 Å². The molecule has 1 aromatic heterocycles. The molecule has 2 unspecified atom stereocenters. The first kappa shape index (κ1) is 13.3. The smallest absolute Gasteiger partial charge is 0.179 e. The van der Waals surface area contributed by atoms with Gasteiger partial charge >= 0.3 is 0 Å². The van der Waals surface area contributed by atoms with Gasteiger partial charge in [-0.2, -0.15) is 0 Å². The fourth-order valence-corrected chi connectivity index (χ4v) is 3.14. The van der Waals surface area contributed by atoms with E-state index < -0.39 is 9.84 Å². The van der Waals surface area contributed by atoms with E-state index in [1.165, 1.54) is 6.26 Å². The van der Waals surface area contributed by atoms with Crippen molar-refractivity contribution in [1.29, 1.82) is 0 Å². The lowest BCUT2D eigenvalue weighted by Crippen LogP contribution is -2.30. The third kappa shape index (κ3) is 2.81. The van der Waals surface area contributed by atoms with E-state index in [-0.39, 0.29) is 17.0 Å². The van der Waals surface area contributed by atoms with Crippen LogP contribution in [0.5, 0.6) is 0 Å². The van der Waals surface area contributed by atoms with Crippen LogP contribution >= 0.6 is 0 Å². The lowest BCUT2D eigenvalue weighted by molar-refractivity contribution is 0.101. The Morgan fingerprint density at radius 2 is 2.22 bits per heavy atom. The van der Waals surface area contributed by atoms with Gasteiger partial charge in [0.15, 0.2) is 9.84 Å². The molecule has 18 heavy (non-hydrogen) atoms. The summed E-state index contributed by atoms with van der Waals surface area (Å²) in [6, 6.07) is 3.33. The minimum Gasteiger partial charge on any atom is -0.379 e. The Labute approximate surface area is 107 Å². The summed E-state index contributed by atoms with van der Waals surface area (Å²) in [5.41, 5.74) is 0. The molecule has 0 bridgehead atoms. The lowest BCUT2D eigenvalue weighted by atomic mass is 10.2. The van der Waals surface area contributed by atoms with Crippen LogP contribution in [0.2, 0.25) is 0 Å². The van der Waals surface area contributed by atoms with Gasteiger partial charge in [0.25, 0.3) is 0 Å². The maximum absolute atomic E-state index is 11.7. The number of methoxy groups -OCH3 is 1. The van der Waals surface area contributed by atoms with E-state index in [2.05, 4.69) is 10.3 Å². The molecule has 100 valence electrons. The second-order valence-corrected chi connectivity index (χ2v) is 6.56. The van der Waals surface area contributed by atoms with E-state index >= 15 is 0 Å². The summed E-state index contributed by atoms with van der Waals surface area (Å²) in [5, 5.41) is 3.20. The molecule has 2 atom stereocenters. The van der Waals surface area contributed by atoms with Crippen molar-refractivity contribution in [3.63, 3.8) is 0 Å². The second kappa shape index (κ2) is 5.24. The molecule has 1 saturated carbocycles. The average molecular weight is 270 g/mol. The van der Waals surface area contributed by atoms with Crippen molar-refractivity contribution in [1.82, 2.24) is 4.98 Å². The van der Waals surface area contributed by atoms with Gasteiger partial charge in [-0.1, -0.05) is 0 Å². The third-order valence-corrected chi connectivity index (χ3v) is 4.38. The van der Waals surface area contributed by atoms with Crippen LogP contribution in [-0.2, 0) is 14.6 Å². The Morgan fingerprint density at radius 1 is 1.44 bits per heavy atom. The highest BCUT2D eigenvalue weighted by molar-refractivity contribution is 7.90. The van der Waals surface area contributed by atoms with Crippen LogP contribution in [-0.4, -0.2) is 38.9 Å². The van der Waals surface area contributed by atoms with Gasteiger partial charge in [-0.25, -0.2) is 13.4 Å². The van der Waals surface area contributed by atoms with Crippen molar-refractivity contribution in [2.45, 2.75) is 36.3 Å². The molecule has 6 heteroatoms. The van der Waals surface area contributed by atoms with E-state index in [9.17, 15) is 8.42 Å². The zero-order valence-electron chi connectivity index (χ0n) is 10.6. The van der Waals surface area contributed by atoms with Crippen molar-refractivity contribution in [3.8, 4) is 0 Å². The average Bonchev–Trinajstić information content (AvgIpc) is 2.75. The number of aromatic nitrogens is 1. The molecule has 0 aliphatic heterocycles. The predicted octanol–water partition coefficient (Wildman–Crippen LogP) is 1.46. The first-order valence-electron chi connectivity index (χ1n) is 5.97. The van der Waals surface area contributed by atoms with Gasteiger partial charge in [0.2, 0.25) is 0 Å². The van der Waals surface area contributed by atoms with Crippen LogP contribution in [0.1, 0.15) is 19.3 Å². The number of hydrogen-bond acceptors (Lipinski definition) is 5. The van der Waals surface area contributed by atoms with E-state index in [0.717, 1.165) is 19.3 Å². The number of rotatable bonds is 4. The first-order valence-corrected chi connectivity index (χ1v) is 7.86. The van der Waals surface area contributed by atoms with Gasteiger partial charge in [-0.3, -0.25) is 0 Å². The van der Waals surface area contributed by atoms with Crippen molar-refractivity contribution in [2.75, 3.05) is 18.7 Å². The fourth-order valence-electron chi connectivity index (χ4n) is 2.35. The monoisotopic (exact) mass is 270 g/mol. The number of nitrogens with zero attached hydrogens (tertiary/aromatic N) is 1. The van der Waals surface area contributed by atoms with E-state index in [1.807, 2.05) is 0 Å². The Bertz CT molecular complexity index is 516. The van der Waals surface area contributed by atoms with Crippen LogP contribution in [0.4, 0.5) is 5.82 Å². The topological polar surface area (TPSA) is 68.3 Å². The molecule has 1 aromatic rings. The molecule has 5 nitrogen and oxygen atoms in total. The van der Waals surface area contributed by atoms with Gasteiger partial charge in [-0.05, 0) is 31.4 Å². The highest BCUT2D eigenvalue weighted by Gasteiger charge is 2.28. The molecule has 1 N–H and O–H groups in total. The highest BCUT2D eigenvalue weighted by atomic mass is 32.2. The SMILES string of the molecule is COC1CCCC1Nc1ncccc1S(C)(=O)=O. The van der Waals surface area contributed by atoms with E-state index in [0.29, 0.717) is 5.82 Å². The molecule has 0 amide bonds. The zero-order valence-corrected chi connectivity index (χ0v) is 11.4. The Balaban J connectivity index is 2.24. The van der Waals surface area contributed by atoms with E-state index in [1.54, 1.807) is 25.4 Å². The zero-order chi connectivity index (χ0) is 13.2. The van der Waals surface area contributed by atoms with Gasteiger partial charge in [0.1, 0.15) is 10.7 Å². The molecule has 0 spiro atoms. The summed E-state index contributed by atoms with van der Waals surface area (Å²) in [7, 11) is -1.58. The molecule has 1 aliphatic rings. The summed E-state index contributed by atoms with van der Waals surface area (Å²) in [4.78, 5) is 4.37. The molecule has 0 radical (unpaired) electrons. The number of hydrogen-bond donors (Lipinski definition) is 1. The Hall–Kier alpha value is -1.14. The van der Waals surface area contributed by atoms with Crippen molar-refractivity contribution < 1.29 is 13.2 Å². The number of nitrogens with one attached hydrogen (secondary N) is 1. The quantitative estimate of drug-likeness (QED) is 0.897. The van der Waals surface area contributed by atoms with Gasteiger partial charge in [0, 0.05) is 19.6 Å². The van der Waals surface area contributed by atoms with Crippen LogP contribution in [0, 0.1) is 0 Å². The Morgan fingerprint density at radius 3 is 2.89 bits per heavy atom. The largest absolute Gasteiger partial charge is 0.379 e. The fraction of sp³-hybridized carbons (Fsp3) is 0.583. The Kier molecular flexibility index (Phi) is 3.87. The highest BCUT2D eigenvalue weighted by Crippen LogP contribution is 2.27. The summed E-state index contributed by atoms with van der Waals surface area (Å²) in [5.74, 6) is 0.425. The van der Waals surface area contributed by atoms with Crippen molar-refractivity contribution in [2.24, 2.45) is 0 Å². The number of sulfone groups is 1. The van der Waals surface area contributed by atoms with Crippen molar-refractivity contribution in [3.05, 3.63) is 18.3 Å². The molecule has 1 fully saturated rings. The normalized spacial score (nSPS) is 24.1. The maximum atomic E-state index is 11.7. The summed E-state index contributed by atoms with van der Waals surface area (Å²) in [6.07, 6.45) is 5.95. The van der Waals surface area contributed by atoms with Crippen LogP contribution in [0.15, 0.2) is 23.2 Å². The molecule has 1 aliphatic carbocycles.